The number of rotatable bonds is 4. The second-order valence-electron chi connectivity index (χ2n) is 6.75. The number of carbonyl (C=O) groups excluding carboxylic acids is 1. The maximum Gasteiger partial charge on any atom is 0.262 e. The lowest BCUT2D eigenvalue weighted by Crippen LogP contribution is -2.49. The van der Waals surface area contributed by atoms with Crippen LogP contribution in [0.3, 0.4) is 0 Å². The van der Waals surface area contributed by atoms with Crippen molar-refractivity contribution >= 4 is 29.1 Å². The number of aliphatic hydroxyl groups excluding tert-OH is 1. The van der Waals surface area contributed by atoms with Gasteiger partial charge in [-0.3, -0.25) is 9.78 Å². The molecule has 1 heterocycles. The predicted octanol–water partition coefficient (Wildman–Crippen LogP) is 3.40. The van der Waals surface area contributed by atoms with Gasteiger partial charge in [0.15, 0.2) is 0 Å². The number of nitrogens with one attached hydrogen (secondary N) is 1. The summed E-state index contributed by atoms with van der Waals surface area (Å²) in [7, 11) is 0. The number of aromatic nitrogens is 1. The van der Waals surface area contributed by atoms with E-state index in [0.29, 0.717) is 15.6 Å². The molecule has 1 aliphatic carbocycles. The number of hydrogen-bond acceptors (Lipinski definition) is 4. The molecule has 0 bridgehead atoms. The summed E-state index contributed by atoms with van der Waals surface area (Å²) in [5.74, 6) is -0.852. The molecule has 1 amide bonds. The fourth-order valence-corrected chi connectivity index (χ4v) is 3.93. The van der Waals surface area contributed by atoms with Crippen molar-refractivity contribution < 1.29 is 19.4 Å². The second kappa shape index (κ2) is 7.36. The zero-order chi connectivity index (χ0) is 19.8. The summed E-state index contributed by atoms with van der Waals surface area (Å²) in [6.07, 6.45) is 0.975. The highest BCUT2D eigenvalue weighted by atomic mass is 35.5. The van der Waals surface area contributed by atoms with Gasteiger partial charge in [-0.25, -0.2) is 4.39 Å². The molecular formula is C19H19Cl2FN2O3. The molecule has 0 aliphatic heterocycles. The van der Waals surface area contributed by atoms with Crippen LogP contribution in [-0.2, 0) is 16.1 Å². The number of hydrogen-bond donors (Lipinski definition) is 3. The van der Waals surface area contributed by atoms with Crippen molar-refractivity contribution in [2.75, 3.05) is 6.61 Å². The van der Waals surface area contributed by atoms with Crippen molar-refractivity contribution in [1.29, 1.82) is 0 Å². The molecule has 3 atom stereocenters. The van der Waals surface area contributed by atoms with Crippen molar-refractivity contribution in [3.63, 3.8) is 0 Å². The van der Waals surface area contributed by atoms with Crippen LogP contribution in [0.25, 0.3) is 0 Å². The Kier molecular flexibility index (Phi) is 5.45. The van der Waals surface area contributed by atoms with Crippen LogP contribution in [0.1, 0.15) is 42.6 Å². The van der Waals surface area contributed by atoms with Gasteiger partial charge in [-0.2, -0.15) is 0 Å². The van der Waals surface area contributed by atoms with Crippen LogP contribution in [0.4, 0.5) is 4.39 Å². The molecule has 8 heteroatoms. The monoisotopic (exact) mass is 412 g/mol. The van der Waals surface area contributed by atoms with Crippen LogP contribution in [0.15, 0.2) is 36.5 Å². The number of pyridine rings is 1. The SMILES string of the molecule is C[C@@H](NC(=O)[C@]1(F)CC[C@@](O)(CO)c2ncccc21)c1ccc(Cl)cc1Cl. The van der Waals surface area contributed by atoms with Crippen LogP contribution in [0, 0.1) is 0 Å². The average Bonchev–Trinajstić information content (AvgIpc) is 2.65. The van der Waals surface area contributed by atoms with Gasteiger partial charge in [0.1, 0.15) is 5.60 Å². The highest BCUT2D eigenvalue weighted by Gasteiger charge is 2.52. The summed E-state index contributed by atoms with van der Waals surface area (Å²) in [6.45, 7) is 1.08. The first kappa shape index (κ1) is 20.0. The lowest BCUT2D eigenvalue weighted by Gasteiger charge is -2.39. The maximum absolute atomic E-state index is 15.8. The van der Waals surface area contributed by atoms with E-state index in [9.17, 15) is 15.0 Å². The van der Waals surface area contributed by atoms with Crippen molar-refractivity contribution in [3.8, 4) is 0 Å². The highest BCUT2D eigenvalue weighted by molar-refractivity contribution is 6.35. The van der Waals surface area contributed by atoms with Crippen LogP contribution in [0.5, 0.6) is 0 Å². The Morgan fingerprint density at radius 1 is 1.37 bits per heavy atom. The van der Waals surface area contributed by atoms with Crippen molar-refractivity contribution in [3.05, 3.63) is 63.4 Å². The van der Waals surface area contributed by atoms with E-state index in [1.807, 2.05) is 0 Å². The van der Waals surface area contributed by atoms with Crippen molar-refractivity contribution in [1.82, 2.24) is 10.3 Å². The van der Waals surface area contributed by atoms with Gasteiger partial charge >= 0.3 is 0 Å². The smallest absolute Gasteiger partial charge is 0.262 e. The van der Waals surface area contributed by atoms with Gasteiger partial charge in [-0.05, 0) is 43.5 Å². The molecule has 5 nitrogen and oxygen atoms in total. The first-order chi connectivity index (χ1) is 12.7. The van der Waals surface area contributed by atoms with Gasteiger partial charge in [0, 0.05) is 21.8 Å². The summed E-state index contributed by atoms with van der Waals surface area (Å²) in [5, 5.41) is 23.5. The molecule has 0 saturated heterocycles. The summed E-state index contributed by atoms with van der Waals surface area (Å²) in [6, 6.07) is 7.19. The Morgan fingerprint density at radius 3 is 2.78 bits per heavy atom. The van der Waals surface area contributed by atoms with Crippen LogP contribution >= 0.6 is 23.2 Å². The number of halogens is 3. The van der Waals surface area contributed by atoms with E-state index in [1.54, 1.807) is 25.1 Å². The molecule has 0 spiro atoms. The zero-order valence-corrected chi connectivity index (χ0v) is 16.1. The average molecular weight is 413 g/mol. The third-order valence-corrected chi connectivity index (χ3v) is 5.52. The highest BCUT2D eigenvalue weighted by Crippen LogP contribution is 2.45. The lowest BCUT2D eigenvalue weighted by atomic mass is 9.74. The number of carbonyl (C=O) groups is 1. The van der Waals surface area contributed by atoms with Gasteiger partial charge in [-0.15, -0.1) is 0 Å². The number of amides is 1. The number of aliphatic hydroxyl groups is 2. The van der Waals surface area contributed by atoms with E-state index in [0.717, 1.165) is 0 Å². The van der Waals surface area contributed by atoms with Gasteiger partial charge < -0.3 is 15.5 Å². The summed E-state index contributed by atoms with van der Waals surface area (Å²) in [5.41, 5.74) is -3.50. The molecule has 3 N–H and O–H groups in total. The molecule has 144 valence electrons. The van der Waals surface area contributed by atoms with Gasteiger partial charge in [0.2, 0.25) is 5.67 Å². The minimum atomic E-state index is -2.38. The standard InChI is InChI=1S/C19H19Cl2FN2O3/c1-11(13-5-4-12(20)9-15(13)21)24-17(26)19(22)7-6-18(27,10-25)16-14(19)3-2-8-23-16/h2-5,8-9,11,25,27H,6-7,10H2,1H3,(H,24,26)/t11-,18-,19+/m1/s1. The minimum absolute atomic E-state index is 0.0198. The maximum atomic E-state index is 15.8. The Bertz CT molecular complexity index is 882. The molecule has 0 unspecified atom stereocenters. The molecular weight excluding hydrogens is 394 g/mol. The Hall–Kier alpha value is -1.73. The third kappa shape index (κ3) is 3.55. The van der Waals surface area contributed by atoms with Crippen molar-refractivity contribution in [2.45, 2.75) is 37.1 Å². The Labute approximate surface area is 166 Å². The van der Waals surface area contributed by atoms with Crippen LogP contribution in [0.2, 0.25) is 10.0 Å². The molecule has 0 fully saturated rings. The molecule has 2 aromatic rings. The van der Waals surface area contributed by atoms with Gasteiger partial charge in [0.05, 0.1) is 18.3 Å². The van der Waals surface area contributed by atoms with E-state index in [-0.39, 0.29) is 24.1 Å². The first-order valence-corrected chi connectivity index (χ1v) is 9.21. The topological polar surface area (TPSA) is 82.5 Å². The third-order valence-electron chi connectivity index (χ3n) is 4.96. The lowest BCUT2D eigenvalue weighted by molar-refractivity contribution is -0.138. The zero-order valence-electron chi connectivity index (χ0n) is 14.5. The molecule has 0 saturated carbocycles. The summed E-state index contributed by atoms with van der Waals surface area (Å²) < 4.78 is 15.8. The molecule has 27 heavy (non-hydrogen) atoms. The largest absolute Gasteiger partial charge is 0.393 e. The molecule has 3 rings (SSSR count). The Morgan fingerprint density at radius 2 is 2.11 bits per heavy atom. The van der Waals surface area contributed by atoms with E-state index >= 15 is 4.39 Å². The van der Waals surface area contributed by atoms with Crippen LogP contribution < -0.4 is 5.32 Å². The van der Waals surface area contributed by atoms with Crippen LogP contribution in [-0.4, -0.2) is 27.7 Å². The van der Waals surface area contributed by atoms with E-state index in [1.165, 1.54) is 18.3 Å². The quantitative estimate of drug-likeness (QED) is 0.718. The molecule has 0 radical (unpaired) electrons. The Balaban J connectivity index is 1.91. The second-order valence-corrected chi connectivity index (χ2v) is 7.60. The van der Waals surface area contributed by atoms with Crippen molar-refractivity contribution in [2.24, 2.45) is 0 Å². The number of nitrogens with zero attached hydrogens (tertiary/aromatic N) is 1. The van der Waals surface area contributed by atoms with Gasteiger partial charge in [-0.1, -0.05) is 35.3 Å². The summed E-state index contributed by atoms with van der Waals surface area (Å²) >= 11 is 12.1. The van der Waals surface area contributed by atoms with Gasteiger partial charge in [0.25, 0.3) is 5.91 Å². The number of fused-ring (bicyclic) bond motifs is 1. The summed E-state index contributed by atoms with van der Waals surface area (Å²) in [4.78, 5) is 16.8. The first-order valence-electron chi connectivity index (χ1n) is 8.45. The molecule has 1 aliphatic rings. The number of benzene rings is 1. The fraction of sp³-hybridized carbons (Fsp3) is 0.368. The molecule has 1 aromatic carbocycles. The fourth-order valence-electron chi connectivity index (χ4n) is 3.36. The van der Waals surface area contributed by atoms with E-state index < -0.39 is 29.8 Å². The minimum Gasteiger partial charge on any atom is -0.393 e. The van der Waals surface area contributed by atoms with E-state index in [4.69, 9.17) is 23.2 Å². The normalized spacial score (nSPS) is 25.6. The molecule has 1 aromatic heterocycles. The predicted molar refractivity (Wildman–Crippen MR) is 100 cm³/mol. The number of alkyl halides is 1. The van der Waals surface area contributed by atoms with E-state index in [2.05, 4.69) is 10.3 Å².